The van der Waals surface area contributed by atoms with Gasteiger partial charge in [-0.1, -0.05) is 0 Å². The molecule has 1 aliphatic carbocycles. The zero-order valence-corrected chi connectivity index (χ0v) is 10.4. The molecule has 0 bridgehead atoms. The van der Waals surface area contributed by atoms with Gasteiger partial charge < -0.3 is 0 Å². The summed E-state index contributed by atoms with van der Waals surface area (Å²) in [4.78, 5) is 0. The molecule has 0 spiro atoms. The van der Waals surface area contributed by atoms with E-state index in [0.717, 1.165) is 12.8 Å². The van der Waals surface area contributed by atoms with Gasteiger partial charge in [-0.25, -0.2) is 0 Å². The number of rotatable bonds is 2. The fraction of sp³-hybridized carbons (Fsp3) is 0.400. The van der Waals surface area contributed by atoms with Crippen LogP contribution < -0.4 is 0 Å². The fourth-order valence-electron chi connectivity index (χ4n) is 1.33. The van der Waals surface area contributed by atoms with Gasteiger partial charge in [-0.15, -0.1) is 0 Å². The SMILES string of the molecule is CCC1=CC[C](=[W])C1=CC(C)=[N-]. The van der Waals surface area contributed by atoms with E-state index in [9.17, 15) is 0 Å². The first-order chi connectivity index (χ1) is 5.65. The third-order valence-corrected chi connectivity index (χ3v) is 3.30. The van der Waals surface area contributed by atoms with E-state index in [1.807, 2.05) is 6.08 Å². The van der Waals surface area contributed by atoms with Crippen molar-refractivity contribution in [3.05, 3.63) is 28.7 Å². The molecule has 2 heteroatoms. The maximum absolute atomic E-state index is 9.15. The summed E-state index contributed by atoms with van der Waals surface area (Å²) in [5.74, 6) is 0. The van der Waals surface area contributed by atoms with E-state index in [2.05, 4.69) is 13.0 Å². The van der Waals surface area contributed by atoms with Crippen LogP contribution in [-0.4, -0.2) is 9.61 Å². The molecular weight excluding hydrogens is 318 g/mol. The van der Waals surface area contributed by atoms with E-state index in [1.54, 1.807) is 6.92 Å². The van der Waals surface area contributed by atoms with Crippen molar-refractivity contribution in [3.8, 4) is 0 Å². The third kappa shape index (κ3) is 2.10. The van der Waals surface area contributed by atoms with Gasteiger partial charge in [0, 0.05) is 0 Å². The fourth-order valence-corrected chi connectivity index (χ4v) is 2.31. The minimum atomic E-state index is 0.407. The molecule has 0 atom stereocenters. The molecule has 0 saturated heterocycles. The average molecular weight is 330 g/mol. The molecule has 0 aromatic heterocycles. The Labute approximate surface area is 84.5 Å². The first-order valence-corrected chi connectivity index (χ1v) is 5.58. The van der Waals surface area contributed by atoms with Gasteiger partial charge >= 0.3 is 84.4 Å². The minimum absolute atomic E-state index is 0.407. The molecular formula is C10H12NW-. The summed E-state index contributed by atoms with van der Waals surface area (Å²) in [6.45, 7) is 3.88. The van der Waals surface area contributed by atoms with Crippen LogP contribution >= 0.6 is 0 Å². The second-order valence-corrected chi connectivity index (χ2v) is 4.68. The maximum atomic E-state index is 9.15. The predicted molar refractivity (Wildman–Crippen MR) is 50.1 cm³/mol. The van der Waals surface area contributed by atoms with Crippen molar-refractivity contribution in [1.29, 1.82) is 0 Å². The van der Waals surface area contributed by atoms with E-state index in [1.165, 1.54) is 34.4 Å². The Morgan fingerprint density at radius 2 is 2.42 bits per heavy atom. The van der Waals surface area contributed by atoms with Gasteiger partial charge in [-0.05, 0) is 0 Å². The summed E-state index contributed by atoms with van der Waals surface area (Å²) < 4.78 is 1.44. The standard InChI is InChI=1S/C10H12N.W/c1-3-9-5-4-6-10(9)7-8(2)11;/h5,7H,3-4H2,1-2H3;/q-1;. The van der Waals surface area contributed by atoms with E-state index in [4.69, 9.17) is 5.41 Å². The molecule has 0 heterocycles. The number of nitrogens with zero attached hydrogens (tertiary/aromatic N) is 1. The molecule has 0 amide bonds. The Morgan fingerprint density at radius 1 is 1.75 bits per heavy atom. The van der Waals surface area contributed by atoms with Gasteiger partial charge in [0.25, 0.3) is 0 Å². The average Bonchev–Trinajstić information content (AvgIpc) is 2.32. The van der Waals surface area contributed by atoms with Gasteiger partial charge in [0.05, 0.1) is 0 Å². The summed E-state index contributed by atoms with van der Waals surface area (Å²) >= 11 is 1.51. The number of hydrogen-bond acceptors (Lipinski definition) is 0. The van der Waals surface area contributed by atoms with Gasteiger partial charge in [0.15, 0.2) is 0 Å². The first kappa shape index (κ1) is 9.79. The van der Waals surface area contributed by atoms with Gasteiger partial charge in [-0.2, -0.15) is 0 Å². The van der Waals surface area contributed by atoms with Crippen LogP contribution in [0.5, 0.6) is 0 Å². The molecule has 0 saturated carbocycles. The molecule has 1 nitrogen and oxygen atoms in total. The molecule has 0 aromatic rings. The van der Waals surface area contributed by atoms with Crippen molar-refractivity contribution in [2.45, 2.75) is 26.7 Å². The van der Waals surface area contributed by atoms with E-state index in [0.29, 0.717) is 5.71 Å². The van der Waals surface area contributed by atoms with E-state index >= 15 is 0 Å². The topological polar surface area (TPSA) is 22.3 Å². The summed E-state index contributed by atoms with van der Waals surface area (Å²) in [5.41, 5.74) is 3.06. The Balaban J connectivity index is 2.94. The molecule has 0 unspecified atom stereocenters. The van der Waals surface area contributed by atoms with Crippen LogP contribution in [0.1, 0.15) is 26.7 Å². The second kappa shape index (κ2) is 4.09. The molecule has 0 fully saturated rings. The van der Waals surface area contributed by atoms with Gasteiger partial charge in [0.1, 0.15) is 0 Å². The Morgan fingerprint density at radius 3 is 2.92 bits per heavy atom. The molecule has 0 aromatic carbocycles. The monoisotopic (exact) mass is 330 g/mol. The molecule has 12 heavy (non-hydrogen) atoms. The van der Waals surface area contributed by atoms with Crippen molar-refractivity contribution < 1.29 is 19.4 Å². The van der Waals surface area contributed by atoms with E-state index in [-0.39, 0.29) is 0 Å². The quantitative estimate of drug-likeness (QED) is 0.694. The van der Waals surface area contributed by atoms with Crippen molar-refractivity contribution >= 4 is 9.61 Å². The third-order valence-electron chi connectivity index (χ3n) is 1.91. The Hall–Kier alpha value is -0.292. The second-order valence-electron chi connectivity index (χ2n) is 2.91. The van der Waals surface area contributed by atoms with Gasteiger partial charge in [0.2, 0.25) is 0 Å². The molecule has 0 radical (unpaired) electrons. The van der Waals surface area contributed by atoms with E-state index < -0.39 is 0 Å². The number of hydrogen-bond donors (Lipinski definition) is 0. The molecule has 1 rings (SSSR count). The van der Waals surface area contributed by atoms with Gasteiger partial charge in [-0.3, -0.25) is 0 Å². The van der Waals surface area contributed by atoms with Crippen LogP contribution in [0.2, 0.25) is 0 Å². The first-order valence-electron chi connectivity index (χ1n) is 4.12. The Bertz CT molecular complexity index is 284. The van der Waals surface area contributed by atoms with Crippen LogP contribution in [0.25, 0.3) is 5.41 Å². The zero-order chi connectivity index (χ0) is 9.14. The summed E-state index contributed by atoms with van der Waals surface area (Å²) in [6.07, 6.45) is 6.29. The number of allylic oxidation sites excluding steroid dienone is 4. The van der Waals surface area contributed by atoms with Crippen LogP contribution in [0, 0.1) is 0 Å². The van der Waals surface area contributed by atoms with Crippen LogP contribution in [0.4, 0.5) is 0 Å². The molecule has 1 aliphatic rings. The van der Waals surface area contributed by atoms with Crippen LogP contribution in [0.3, 0.4) is 0 Å². The Kier molecular flexibility index (Phi) is 3.34. The molecule has 0 N–H and O–H groups in total. The summed E-state index contributed by atoms with van der Waals surface area (Å²) in [7, 11) is 0. The van der Waals surface area contributed by atoms with Crippen molar-refractivity contribution in [3.63, 3.8) is 0 Å². The zero-order valence-electron chi connectivity index (χ0n) is 7.42. The molecule has 0 aliphatic heterocycles. The normalized spacial score (nSPS) is 20.0. The van der Waals surface area contributed by atoms with Crippen molar-refractivity contribution in [1.82, 2.24) is 0 Å². The predicted octanol–water partition coefficient (Wildman–Crippen LogP) is 2.40. The summed E-state index contributed by atoms with van der Waals surface area (Å²) in [6, 6.07) is 0. The van der Waals surface area contributed by atoms with Crippen molar-refractivity contribution in [2.75, 3.05) is 0 Å². The summed E-state index contributed by atoms with van der Waals surface area (Å²) in [5, 5.41) is 9.15. The van der Waals surface area contributed by atoms with Crippen LogP contribution in [0.15, 0.2) is 23.3 Å². The van der Waals surface area contributed by atoms with Crippen molar-refractivity contribution in [2.24, 2.45) is 0 Å². The molecule has 64 valence electrons. The van der Waals surface area contributed by atoms with Crippen LogP contribution in [-0.2, 0) is 19.4 Å².